The molecule has 1 aromatic heterocycles. The predicted octanol–water partition coefficient (Wildman–Crippen LogP) is 4.60. The van der Waals surface area contributed by atoms with E-state index in [-0.39, 0.29) is 12.8 Å². The molecule has 0 aliphatic heterocycles. The topological polar surface area (TPSA) is 46.9 Å². The van der Waals surface area contributed by atoms with E-state index in [2.05, 4.69) is 10.3 Å². The van der Waals surface area contributed by atoms with E-state index in [1.165, 1.54) is 0 Å². The van der Waals surface area contributed by atoms with E-state index in [0.717, 1.165) is 11.0 Å². The third-order valence-corrected chi connectivity index (χ3v) is 5.27. The van der Waals surface area contributed by atoms with Gasteiger partial charge in [0.2, 0.25) is 5.91 Å². The molecule has 0 bridgehead atoms. The van der Waals surface area contributed by atoms with E-state index < -0.39 is 30.0 Å². The molecule has 7 heteroatoms. The Labute approximate surface area is 150 Å². The monoisotopic (exact) mass is 367 g/mol. The Balaban J connectivity index is 1.81. The minimum atomic E-state index is -4.33. The zero-order valence-electron chi connectivity index (χ0n) is 15.0. The van der Waals surface area contributed by atoms with Crippen LogP contribution in [-0.4, -0.2) is 21.6 Å². The van der Waals surface area contributed by atoms with Crippen molar-refractivity contribution in [2.75, 3.05) is 0 Å². The van der Waals surface area contributed by atoms with Gasteiger partial charge in [-0.3, -0.25) is 4.79 Å². The summed E-state index contributed by atoms with van der Waals surface area (Å²) < 4.78 is 41.8. The van der Waals surface area contributed by atoms with Crippen LogP contribution in [0.25, 0.3) is 11.0 Å². The second-order valence-corrected chi connectivity index (χ2v) is 6.97. The van der Waals surface area contributed by atoms with Crippen molar-refractivity contribution < 1.29 is 18.0 Å². The molecule has 142 valence electrons. The first-order valence-electron chi connectivity index (χ1n) is 9.15. The van der Waals surface area contributed by atoms with Crippen molar-refractivity contribution in [2.24, 2.45) is 11.8 Å². The fourth-order valence-corrected chi connectivity index (χ4v) is 3.98. The number of aromatic nitrogens is 2. The summed E-state index contributed by atoms with van der Waals surface area (Å²) in [7, 11) is 0. The molecule has 1 heterocycles. The average molecular weight is 367 g/mol. The van der Waals surface area contributed by atoms with Crippen LogP contribution in [0, 0.1) is 11.8 Å². The van der Waals surface area contributed by atoms with E-state index >= 15 is 0 Å². The molecule has 0 saturated heterocycles. The molecule has 1 aliphatic carbocycles. The quantitative estimate of drug-likeness (QED) is 0.858. The van der Waals surface area contributed by atoms with Gasteiger partial charge in [-0.2, -0.15) is 13.2 Å². The molecular formula is C19H24F3N3O. The molecule has 0 radical (unpaired) electrons. The van der Waals surface area contributed by atoms with E-state index in [1.807, 2.05) is 35.8 Å². The van der Waals surface area contributed by atoms with Crippen LogP contribution in [0.3, 0.4) is 0 Å². The zero-order valence-corrected chi connectivity index (χ0v) is 15.0. The van der Waals surface area contributed by atoms with Gasteiger partial charge in [-0.05, 0) is 38.8 Å². The number of fused-ring (bicyclic) bond motifs is 1. The third kappa shape index (κ3) is 3.57. The minimum absolute atomic E-state index is 0.0312. The lowest BCUT2D eigenvalue weighted by molar-refractivity contribution is -0.198. The molecule has 1 amide bonds. The number of hydrogen-bond acceptors (Lipinski definition) is 2. The van der Waals surface area contributed by atoms with E-state index in [9.17, 15) is 18.0 Å². The highest BCUT2D eigenvalue weighted by molar-refractivity contribution is 5.80. The van der Waals surface area contributed by atoms with Crippen molar-refractivity contribution >= 4 is 16.9 Å². The molecule has 3 unspecified atom stereocenters. The maximum Gasteiger partial charge on any atom is 0.392 e. The number of carbonyl (C=O) groups excluding carboxylic acids is 1. The lowest BCUT2D eigenvalue weighted by atomic mass is 9.78. The Bertz CT molecular complexity index is 784. The summed E-state index contributed by atoms with van der Waals surface area (Å²) in [5.41, 5.74) is 1.77. The third-order valence-electron chi connectivity index (χ3n) is 5.27. The Morgan fingerprint density at radius 1 is 1.31 bits per heavy atom. The zero-order chi connectivity index (χ0) is 18.9. The smallest absolute Gasteiger partial charge is 0.346 e. The van der Waals surface area contributed by atoms with Crippen molar-refractivity contribution in [1.29, 1.82) is 0 Å². The number of rotatable bonds is 4. The summed E-state index contributed by atoms with van der Waals surface area (Å²) >= 11 is 0. The van der Waals surface area contributed by atoms with Gasteiger partial charge in [-0.25, -0.2) is 4.98 Å². The van der Waals surface area contributed by atoms with Crippen LogP contribution in [0.5, 0.6) is 0 Å². The molecule has 3 atom stereocenters. The fraction of sp³-hybridized carbons (Fsp3) is 0.579. The number of benzene rings is 1. The van der Waals surface area contributed by atoms with Crippen molar-refractivity contribution in [3.05, 3.63) is 30.1 Å². The molecule has 3 rings (SSSR count). The summed E-state index contributed by atoms with van der Waals surface area (Å²) in [6.45, 7) is 4.42. The van der Waals surface area contributed by atoms with Crippen LogP contribution >= 0.6 is 0 Å². The molecule has 0 spiro atoms. The summed E-state index contributed by atoms with van der Waals surface area (Å²) in [6.07, 6.45) is -2.83. The SMILES string of the molecule is CCn1c(C(C)NC(=O)C2CCCCC2C(F)(F)F)nc2ccccc21. The minimum Gasteiger partial charge on any atom is -0.346 e. The van der Waals surface area contributed by atoms with Crippen molar-refractivity contribution in [3.8, 4) is 0 Å². The van der Waals surface area contributed by atoms with Crippen LogP contribution in [0.4, 0.5) is 13.2 Å². The highest BCUT2D eigenvalue weighted by Crippen LogP contribution is 2.41. The fourth-order valence-electron chi connectivity index (χ4n) is 3.98. The van der Waals surface area contributed by atoms with Gasteiger partial charge in [-0.15, -0.1) is 0 Å². The Hall–Kier alpha value is -2.05. The maximum atomic E-state index is 13.3. The van der Waals surface area contributed by atoms with Gasteiger partial charge in [0, 0.05) is 12.5 Å². The van der Waals surface area contributed by atoms with Gasteiger partial charge in [0.15, 0.2) is 0 Å². The Kier molecular flexibility index (Phi) is 5.25. The average Bonchev–Trinajstić information content (AvgIpc) is 2.99. The molecule has 1 aromatic carbocycles. The number of nitrogens with one attached hydrogen (secondary N) is 1. The van der Waals surface area contributed by atoms with Gasteiger partial charge in [0.1, 0.15) is 5.82 Å². The first kappa shape index (κ1) is 18.7. The molecule has 4 nitrogen and oxygen atoms in total. The number of nitrogens with zero attached hydrogens (tertiary/aromatic N) is 2. The van der Waals surface area contributed by atoms with Crippen LogP contribution in [0.2, 0.25) is 0 Å². The molecule has 2 aromatic rings. The number of halogens is 3. The number of hydrogen-bond donors (Lipinski definition) is 1. The summed E-state index contributed by atoms with van der Waals surface area (Å²) in [5, 5.41) is 2.78. The largest absolute Gasteiger partial charge is 0.392 e. The number of aryl methyl sites for hydroxylation is 1. The summed E-state index contributed by atoms with van der Waals surface area (Å²) in [5.74, 6) is -2.41. The van der Waals surface area contributed by atoms with Crippen molar-refractivity contribution in [2.45, 2.75) is 58.3 Å². The van der Waals surface area contributed by atoms with Crippen LogP contribution in [0.15, 0.2) is 24.3 Å². The van der Waals surface area contributed by atoms with Gasteiger partial charge in [0.05, 0.1) is 23.0 Å². The summed E-state index contributed by atoms with van der Waals surface area (Å²) in [4.78, 5) is 17.2. The molecular weight excluding hydrogens is 343 g/mol. The highest BCUT2D eigenvalue weighted by Gasteiger charge is 2.48. The maximum absolute atomic E-state index is 13.3. The predicted molar refractivity (Wildman–Crippen MR) is 93.5 cm³/mol. The van der Waals surface area contributed by atoms with Gasteiger partial charge in [-0.1, -0.05) is 25.0 Å². The second kappa shape index (κ2) is 7.29. The van der Waals surface area contributed by atoms with Gasteiger partial charge < -0.3 is 9.88 Å². The Morgan fingerprint density at radius 3 is 2.69 bits per heavy atom. The van der Waals surface area contributed by atoms with Gasteiger partial charge >= 0.3 is 6.18 Å². The highest BCUT2D eigenvalue weighted by atomic mass is 19.4. The first-order chi connectivity index (χ1) is 12.3. The number of para-hydroxylation sites is 2. The molecule has 1 saturated carbocycles. The van der Waals surface area contributed by atoms with Crippen LogP contribution < -0.4 is 5.32 Å². The standard InChI is InChI=1S/C19H24F3N3O/c1-3-25-16-11-7-6-10-15(16)24-17(25)12(2)23-18(26)13-8-4-5-9-14(13)19(20,21)22/h6-7,10-14H,3-5,8-9H2,1-2H3,(H,23,26). The molecule has 1 aliphatic rings. The number of carbonyl (C=O) groups is 1. The lowest BCUT2D eigenvalue weighted by Crippen LogP contribution is -2.43. The lowest BCUT2D eigenvalue weighted by Gasteiger charge is -2.32. The first-order valence-corrected chi connectivity index (χ1v) is 9.15. The Morgan fingerprint density at radius 2 is 2.00 bits per heavy atom. The number of imidazole rings is 1. The van der Waals surface area contributed by atoms with Crippen molar-refractivity contribution in [1.82, 2.24) is 14.9 Å². The van der Waals surface area contributed by atoms with E-state index in [1.54, 1.807) is 6.92 Å². The van der Waals surface area contributed by atoms with Crippen molar-refractivity contribution in [3.63, 3.8) is 0 Å². The molecule has 26 heavy (non-hydrogen) atoms. The van der Waals surface area contributed by atoms with Crippen LogP contribution in [-0.2, 0) is 11.3 Å². The van der Waals surface area contributed by atoms with E-state index in [4.69, 9.17) is 0 Å². The van der Waals surface area contributed by atoms with Gasteiger partial charge in [0.25, 0.3) is 0 Å². The summed E-state index contributed by atoms with van der Waals surface area (Å²) in [6, 6.07) is 7.19. The molecule has 1 N–H and O–H groups in total. The normalized spacial score (nSPS) is 22.3. The molecule has 1 fully saturated rings. The second-order valence-electron chi connectivity index (χ2n) is 6.97. The number of alkyl halides is 3. The number of amides is 1. The van der Waals surface area contributed by atoms with Crippen LogP contribution in [0.1, 0.15) is 51.4 Å². The van der Waals surface area contributed by atoms with E-state index in [0.29, 0.717) is 25.2 Å².